The smallest absolute Gasteiger partial charge is 0.321 e. The van der Waals surface area contributed by atoms with Crippen molar-refractivity contribution in [2.75, 3.05) is 13.1 Å². The van der Waals surface area contributed by atoms with E-state index in [1.165, 1.54) is 4.90 Å². The molecule has 7 nitrogen and oxygen atoms in total. The van der Waals surface area contributed by atoms with Crippen LogP contribution in [0.25, 0.3) is 0 Å². The van der Waals surface area contributed by atoms with Gasteiger partial charge in [-0.25, -0.2) is 4.79 Å². The lowest BCUT2D eigenvalue weighted by atomic mass is 10.0. The van der Waals surface area contributed by atoms with Crippen LogP contribution in [0.5, 0.6) is 5.75 Å². The maximum Gasteiger partial charge on any atom is 0.321 e. The number of phenolic OH excluding ortho intramolecular Hbond substituents is 1. The minimum absolute atomic E-state index is 0.133. The van der Waals surface area contributed by atoms with Gasteiger partial charge >= 0.3 is 6.03 Å². The Morgan fingerprint density at radius 2 is 1.74 bits per heavy atom. The number of amides is 3. The van der Waals surface area contributed by atoms with Crippen LogP contribution in [0, 0.1) is 11.3 Å². The molecule has 3 amide bonds. The molecule has 1 aliphatic heterocycles. The first-order valence-electron chi connectivity index (χ1n) is 10.6. The van der Waals surface area contributed by atoms with Crippen molar-refractivity contribution in [1.82, 2.24) is 9.80 Å². The lowest BCUT2D eigenvalue weighted by molar-refractivity contribution is -0.122. The van der Waals surface area contributed by atoms with Gasteiger partial charge < -0.3 is 20.6 Å². The molecular weight excluding hydrogens is 392 g/mol. The highest BCUT2D eigenvalue weighted by molar-refractivity contribution is 5.86. The molecule has 31 heavy (non-hydrogen) atoms. The van der Waals surface area contributed by atoms with Crippen molar-refractivity contribution in [1.29, 1.82) is 5.26 Å². The number of hydrogen-bond acceptors (Lipinski definition) is 4. The van der Waals surface area contributed by atoms with E-state index in [2.05, 4.69) is 6.07 Å². The Bertz CT molecular complexity index is 944. The fourth-order valence-corrected chi connectivity index (χ4v) is 3.91. The molecule has 7 heteroatoms. The topological polar surface area (TPSA) is 111 Å². The van der Waals surface area contributed by atoms with Crippen LogP contribution < -0.4 is 5.73 Å². The average Bonchev–Trinajstić information content (AvgIpc) is 3.06. The maximum absolute atomic E-state index is 13.5. The summed E-state index contributed by atoms with van der Waals surface area (Å²) in [6.07, 6.45) is 4.26. The fraction of sp³-hybridized carbons (Fsp3) is 0.375. The minimum Gasteiger partial charge on any atom is -0.508 e. The Kier molecular flexibility index (Phi) is 7.50. The molecule has 0 aromatic heterocycles. The van der Waals surface area contributed by atoms with Crippen molar-refractivity contribution >= 4 is 11.9 Å². The quantitative estimate of drug-likeness (QED) is 0.748. The van der Waals surface area contributed by atoms with Crippen LogP contribution in [0.4, 0.5) is 4.79 Å². The minimum atomic E-state index is -0.863. The number of carbonyl (C=O) groups is 2. The summed E-state index contributed by atoms with van der Waals surface area (Å²) in [6, 6.07) is 14.6. The molecule has 3 rings (SSSR count). The molecule has 3 N–H and O–H groups in total. The van der Waals surface area contributed by atoms with Crippen molar-refractivity contribution in [3.05, 3.63) is 65.2 Å². The van der Waals surface area contributed by atoms with Crippen molar-refractivity contribution in [3.8, 4) is 11.8 Å². The summed E-state index contributed by atoms with van der Waals surface area (Å²) in [5.74, 6) is -0.460. The van der Waals surface area contributed by atoms with Gasteiger partial charge in [0.1, 0.15) is 11.8 Å². The summed E-state index contributed by atoms with van der Waals surface area (Å²) in [4.78, 5) is 29.4. The van der Waals surface area contributed by atoms with Crippen LogP contribution in [-0.2, 0) is 17.8 Å². The molecule has 0 radical (unpaired) electrons. The van der Waals surface area contributed by atoms with Crippen molar-refractivity contribution in [3.63, 3.8) is 0 Å². The molecule has 162 valence electrons. The molecule has 1 saturated heterocycles. The van der Waals surface area contributed by atoms with Crippen LogP contribution in [0.1, 0.15) is 42.4 Å². The molecule has 1 aliphatic rings. The van der Waals surface area contributed by atoms with Gasteiger partial charge in [-0.05, 0) is 48.2 Å². The normalized spacial score (nSPS) is 14.9. The molecule has 0 saturated carbocycles. The second-order valence-electron chi connectivity index (χ2n) is 7.91. The number of rotatable bonds is 6. The SMILES string of the molecule is N#Cc1cccc(C[C@H](C(N)=O)N(Cc2ccc(O)cc2)C(=O)N2CCCCCC2)c1. The van der Waals surface area contributed by atoms with Crippen LogP contribution in [0.3, 0.4) is 0 Å². The maximum atomic E-state index is 13.5. The molecule has 0 aliphatic carbocycles. The molecule has 1 atom stereocenters. The van der Waals surface area contributed by atoms with Gasteiger partial charge in [0.15, 0.2) is 0 Å². The van der Waals surface area contributed by atoms with Crippen molar-refractivity contribution in [2.45, 2.75) is 44.7 Å². The van der Waals surface area contributed by atoms with Crippen molar-refractivity contribution in [2.24, 2.45) is 5.73 Å². The number of urea groups is 1. The Morgan fingerprint density at radius 1 is 1.06 bits per heavy atom. The first kappa shape index (κ1) is 22.2. The second kappa shape index (κ2) is 10.5. The Hall–Kier alpha value is -3.53. The summed E-state index contributed by atoms with van der Waals surface area (Å²) in [5, 5.41) is 18.8. The Labute approximate surface area is 182 Å². The van der Waals surface area contributed by atoms with Gasteiger partial charge in [-0.1, -0.05) is 37.1 Å². The number of nitrogens with two attached hydrogens (primary N) is 1. The Balaban J connectivity index is 1.91. The van der Waals surface area contributed by atoms with E-state index in [1.54, 1.807) is 47.4 Å². The highest BCUT2D eigenvalue weighted by Gasteiger charge is 2.32. The first-order chi connectivity index (χ1) is 15.0. The standard InChI is InChI=1S/C24H28N4O3/c25-16-20-7-5-6-19(14-20)15-22(23(26)30)28(17-18-8-10-21(29)11-9-18)24(31)27-12-3-1-2-4-13-27/h5-11,14,22,29H,1-4,12-13,15,17H2,(H2,26,30)/t22-/m1/s1. The van der Waals surface area contributed by atoms with E-state index in [0.29, 0.717) is 18.7 Å². The zero-order valence-electron chi connectivity index (χ0n) is 17.5. The third kappa shape index (κ3) is 5.98. The predicted molar refractivity (Wildman–Crippen MR) is 117 cm³/mol. The van der Waals surface area contributed by atoms with Gasteiger partial charge in [0.05, 0.1) is 11.6 Å². The molecule has 0 bridgehead atoms. The average molecular weight is 421 g/mol. The highest BCUT2D eigenvalue weighted by atomic mass is 16.3. The van der Waals surface area contributed by atoms with Crippen molar-refractivity contribution < 1.29 is 14.7 Å². The summed E-state index contributed by atoms with van der Waals surface area (Å²) >= 11 is 0. The number of primary amides is 1. The van der Waals surface area contributed by atoms with E-state index >= 15 is 0 Å². The monoisotopic (exact) mass is 420 g/mol. The molecule has 0 unspecified atom stereocenters. The molecule has 2 aromatic rings. The summed E-state index contributed by atoms with van der Waals surface area (Å²) in [5.41, 5.74) is 7.82. The number of phenols is 1. The third-order valence-electron chi connectivity index (χ3n) is 5.60. The third-order valence-corrected chi connectivity index (χ3v) is 5.60. The number of nitriles is 1. The highest BCUT2D eigenvalue weighted by Crippen LogP contribution is 2.20. The van der Waals surface area contributed by atoms with Gasteiger partial charge in [0, 0.05) is 26.1 Å². The molecule has 1 heterocycles. The van der Waals surface area contributed by atoms with E-state index < -0.39 is 11.9 Å². The summed E-state index contributed by atoms with van der Waals surface area (Å²) in [6.45, 7) is 1.50. The summed E-state index contributed by atoms with van der Waals surface area (Å²) in [7, 11) is 0. The van der Waals surface area contributed by atoms with Gasteiger partial charge in [-0.15, -0.1) is 0 Å². The number of nitrogens with zero attached hydrogens (tertiary/aromatic N) is 3. The molecular formula is C24H28N4O3. The Morgan fingerprint density at radius 3 is 2.35 bits per heavy atom. The lowest BCUT2D eigenvalue weighted by Crippen LogP contribution is -2.53. The van der Waals surface area contributed by atoms with E-state index in [-0.39, 0.29) is 24.7 Å². The number of likely N-dealkylation sites (tertiary alicyclic amines) is 1. The van der Waals surface area contributed by atoms with Crippen LogP contribution in [-0.4, -0.2) is 46.0 Å². The second-order valence-corrected chi connectivity index (χ2v) is 7.91. The van der Waals surface area contributed by atoms with E-state index in [1.807, 2.05) is 6.07 Å². The first-order valence-corrected chi connectivity index (χ1v) is 10.6. The van der Waals surface area contributed by atoms with Gasteiger partial charge in [-0.2, -0.15) is 5.26 Å². The number of hydrogen-bond donors (Lipinski definition) is 2. The van der Waals surface area contributed by atoms with Crippen LogP contribution in [0.15, 0.2) is 48.5 Å². The largest absolute Gasteiger partial charge is 0.508 e. The number of benzene rings is 2. The molecule has 1 fully saturated rings. The van der Waals surface area contributed by atoms with Crippen LogP contribution >= 0.6 is 0 Å². The molecule has 0 spiro atoms. The number of aromatic hydroxyl groups is 1. The van der Waals surface area contributed by atoms with E-state index in [9.17, 15) is 20.0 Å². The predicted octanol–water partition coefficient (Wildman–Crippen LogP) is 3.16. The van der Waals surface area contributed by atoms with Gasteiger partial charge in [-0.3, -0.25) is 4.79 Å². The van der Waals surface area contributed by atoms with E-state index in [4.69, 9.17) is 5.73 Å². The fourth-order valence-electron chi connectivity index (χ4n) is 3.91. The number of carbonyl (C=O) groups excluding carboxylic acids is 2. The van der Waals surface area contributed by atoms with Gasteiger partial charge in [0.2, 0.25) is 5.91 Å². The zero-order chi connectivity index (χ0) is 22.2. The van der Waals surface area contributed by atoms with Gasteiger partial charge in [0.25, 0.3) is 0 Å². The summed E-state index contributed by atoms with van der Waals surface area (Å²) < 4.78 is 0. The molecule has 2 aromatic carbocycles. The zero-order valence-corrected chi connectivity index (χ0v) is 17.5. The lowest BCUT2D eigenvalue weighted by Gasteiger charge is -2.34. The van der Waals surface area contributed by atoms with E-state index in [0.717, 1.165) is 36.8 Å². The van der Waals surface area contributed by atoms with Crippen LogP contribution in [0.2, 0.25) is 0 Å².